The van der Waals surface area contributed by atoms with Gasteiger partial charge in [-0.1, -0.05) is 32.1 Å². The lowest BCUT2D eigenvalue weighted by molar-refractivity contribution is 0.138. The van der Waals surface area contributed by atoms with Gasteiger partial charge in [-0.05, 0) is 18.9 Å². The van der Waals surface area contributed by atoms with Crippen LogP contribution in [0.4, 0.5) is 0 Å². The third kappa shape index (κ3) is 3.23. The summed E-state index contributed by atoms with van der Waals surface area (Å²) in [6.07, 6.45) is 12.6. The molecule has 112 valence electrons. The van der Waals surface area contributed by atoms with Gasteiger partial charge in [0.15, 0.2) is 0 Å². The van der Waals surface area contributed by atoms with Gasteiger partial charge in [0.2, 0.25) is 0 Å². The quantitative estimate of drug-likeness (QED) is 0.916. The molecule has 2 aliphatic rings. The average Bonchev–Trinajstić information content (AvgIpc) is 2.92. The molecule has 1 saturated carbocycles. The fourth-order valence-electron chi connectivity index (χ4n) is 3.79. The zero-order chi connectivity index (χ0) is 13.8. The van der Waals surface area contributed by atoms with E-state index in [2.05, 4.69) is 33.0 Å². The zero-order valence-electron chi connectivity index (χ0n) is 12.7. The first-order chi connectivity index (χ1) is 9.84. The Kier molecular flexibility index (Phi) is 4.73. The number of nitrogens with one attached hydrogen (secondary N) is 1. The summed E-state index contributed by atoms with van der Waals surface area (Å²) in [5.74, 6) is 2.18. The molecule has 4 nitrogen and oxygen atoms in total. The molecule has 1 aromatic rings. The fraction of sp³-hybridized carbons (Fsp3) is 0.812. The Bertz CT molecular complexity index is 408. The second-order valence-electron chi connectivity index (χ2n) is 6.44. The minimum Gasteiger partial charge on any atom is -0.337 e. The minimum atomic E-state index is 0.451. The zero-order valence-corrected chi connectivity index (χ0v) is 12.7. The van der Waals surface area contributed by atoms with E-state index in [0.29, 0.717) is 6.04 Å². The van der Waals surface area contributed by atoms with Crippen molar-refractivity contribution in [3.63, 3.8) is 0 Å². The second-order valence-corrected chi connectivity index (χ2v) is 6.44. The first-order valence-electron chi connectivity index (χ1n) is 8.26. The van der Waals surface area contributed by atoms with Crippen LogP contribution in [0.25, 0.3) is 0 Å². The molecule has 2 fully saturated rings. The summed E-state index contributed by atoms with van der Waals surface area (Å²) in [6.45, 7) is 4.55. The molecule has 20 heavy (non-hydrogen) atoms. The molecule has 0 radical (unpaired) electrons. The first kappa shape index (κ1) is 14.1. The van der Waals surface area contributed by atoms with E-state index in [4.69, 9.17) is 0 Å². The van der Waals surface area contributed by atoms with E-state index in [1.807, 2.05) is 6.20 Å². The molecule has 0 amide bonds. The number of aromatic nitrogens is 2. The molecule has 0 spiro atoms. The van der Waals surface area contributed by atoms with Gasteiger partial charge in [-0.2, -0.15) is 0 Å². The van der Waals surface area contributed by atoms with Gasteiger partial charge in [0.1, 0.15) is 5.82 Å². The van der Waals surface area contributed by atoms with Gasteiger partial charge in [0.25, 0.3) is 0 Å². The van der Waals surface area contributed by atoms with Gasteiger partial charge < -0.3 is 9.88 Å². The van der Waals surface area contributed by atoms with Gasteiger partial charge in [-0.25, -0.2) is 4.98 Å². The monoisotopic (exact) mass is 276 g/mol. The summed E-state index contributed by atoms with van der Waals surface area (Å²) < 4.78 is 2.17. The molecule has 0 bridgehead atoms. The van der Waals surface area contributed by atoms with Crippen LogP contribution in [-0.2, 0) is 7.05 Å². The van der Waals surface area contributed by atoms with Crippen molar-refractivity contribution in [2.75, 3.05) is 26.2 Å². The van der Waals surface area contributed by atoms with Crippen molar-refractivity contribution in [2.24, 2.45) is 13.0 Å². The first-order valence-corrected chi connectivity index (χ1v) is 8.26. The largest absolute Gasteiger partial charge is 0.337 e. The number of hydrogen-bond acceptors (Lipinski definition) is 3. The molecule has 1 aliphatic heterocycles. The van der Waals surface area contributed by atoms with Crippen molar-refractivity contribution in [1.29, 1.82) is 0 Å². The van der Waals surface area contributed by atoms with Crippen LogP contribution in [0.1, 0.15) is 50.4 Å². The highest BCUT2D eigenvalue weighted by molar-refractivity contribution is 5.02. The number of nitrogens with zero attached hydrogens (tertiary/aromatic N) is 3. The molecule has 0 aromatic carbocycles. The standard InChI is InChI=1S/C16H28N4/c1-19-11-9-18-16(19)15-13-17-8-12-20(15)10-7-14-5-3-2-4-6-14/h9,11,14-15,17H,2-8,10,12-13H2,1H3. The molecular formula is C16H28N4. The van der Waals surface area contributed by atoms with Gasteiger partial charge in [0.05, 0.1) is 6.04 Å². The van der Waals surface area contributed by atoms with E-state index in [9.17, 15) is 0 Å². The van der Waals surface area contributed by atoms with Crippen molar-refractivity contribution >= 4 is 0 Å². The smallest absolute Gasteiger partial charge is 0.127 e. The lowest BCUT2D eigenvalue weighted by Crippen LogP contribution is -2.47. The van der Waals surface area contributed by atoms with Crippen LogP contribution in [0.15, 0.2) is 12.4 Å². The Morgan fingerprint density at radius 1 is 1.30 bits per heavy atom. The summed E-state index contributed by atoms with van der Waals surface area (Å²) in [5, 5.41) is 3.52. The number of rotatable bonds is 4. The summed E-state index contributed by atoms with van der Waals surface area (Å²) in [5.41, 5.74) is 0. The van der Waals surface area contributed by atoms with E-state index in [1.165, 1.54) is 50.9 Å². The molecular weight excluding hydrogens is 248 g/mol. The normalized spacial score (nSPS) is 25.9. The molecule has 2 heterocycles. The van der Waals surface area contributed by atoms with Crippen LogP contribution >= 0.6 is 0 Å². The third-order valence-electron chi connectivity index (χ3n) is 5.06. The van der Waals surface area contributed by atoms with Crippen molar-refractivity contribution in [3.05, 3.63) is 18.2 Å². The summed E-state index contributed by atoms with van der Waals surface area (Å²) in [6, 6.07) is 0.451. The summed E-state index contributed by atoms with van der Waals surface area (Å²) in [4.78, 5) is 7.21. The van der Waals surface area contributed by atoms with Gasteiger partial charge in [-0.3, -0.25) is 4.90 Å². The Balaban J connectivity index is 1.59. The highest BCUT2D eigenvalue weighted by atomic mass is 15.3. The van der Waals surface area contributed by atoms with E-state index < -0.39 is 0 Å². The van der Waals surface area contributed by atoms with Crippen molar-refractivity contribution in [1.82, 2.24) is 19.8 Å². The van der Waals surface area contributed by atoms with Crippen LogP contribution < -0.4 is 5.32 Å². The lowest BCUT2D eigenvalue weighted by atomic mass is 9.87. The van der Waals surface area contributed by atoms with Gasteiger partial charge >= 0.3 is 0 Å². The molecule has 1 aliphatic carbocycles. The van der Waals surface area contributed by atoms with Crippen LogP contribution in [0.2, 0.25) is 0 Å². The van der Waals surface area contributed by atoms with E-state index in [0.717, 1.165) is 25.6 Å². The molecule has 1 saturated heterocycles. The highest BCUT2D eigenvalue weighted by Crippen LogP contribution is 2.28. The van der Waals surface area contributed by atoms with Crippen LogP contribution in [0.3, 0.4) is 0 Å². The second kappa shape index (κ2) is 6.72. The van der Waals surface area contributed by atoms with Crippen molar-refractivity contribution in [3.8, 4) is 0 Å². The molecule has 1 aromatic heterocycles. The minimum absolute atomic E-state index is 0.451. The molecule has 1 unspecified atom stereocenters. The topological polar surface area (TPSA) is 33.1 Å². The van der Waals surface area contributed by atoms with Gasteiger partial charge in [-0.15, -0.1) is 0 Å². The Morgan fingerprint density at radius 3 is 2.90 bits per heavy atom. The highest BCUT2D eigenvalue weighted by Gasteiger charge is 2.27. The molecule has 1 N–H and O–H groups in total. The molecule has 1 atom stereocenters. The maximum absolute atomic E-state index is 4.57. The predicted octanol–water partition coefficient (Wildman–Crippen LogP) is 2.34. The predicted molar refractivity (Wildman–Crippen MR) is 81.6 cm³/mol. The van der Waals surface area contributed by atoms with Crippen molar-refractivity contribution in [2.45, 2.75) is 44.6 Å². The maximum atomic E-state index is 4.57. The maximum Gasteiger partial charge on any atom is 0.127 e. The number of aryl methyl sites for hydroxylation is 1. The van der Waals surface area contributed by atoms with Crippen LogP contribution in [0.5, 0.6) is 0 Å². The van der Waals surface area contributed by atoms with E-state index >= 15 is 0 Å². The summed E-state index contributed by atoms with van der Waals surface area (Å²) in [7, 11) is 2.11. The Hall–Kier alpha value is -0.870. The summed E-state index contributed by atoms with van der Waals surface area (Å²) >= 11 is 0. The average molecular weight is 276 g/mol. The van der Waals surface area contributed by atoms with Gasteiger partial charge in [0, 0.05) is 39.1 Å². The van der Waals surface area contributed by atoms with Crippen molar-refractivity contribution < 1.29 is 0 Å². The van der Waals surface area contributed by atoms with E-state index in [1.54, 1.807) is 0 Å². The third-order valence-corrected chi connectivity index (χ3v) is 5.06. The number of piperazine rings is 1. The number of hydrogen-bond donors (Lipinski definition) is 1. The van der Waals surface area contributed by atoms with Crippen LogP contribution in [0, 0.1) is 5.92 Å². The lowest BCUT2D eigenvalue weighted by Gasteiger charge is -2.36. The molecule has 4 heteroatoms. The van der Waals surface area contributed by atoms with Crippen LogP contribution in [-0.4, -0.2) is 40.6 Å². The Morgan fingerprint density at radius 2 is 2.15 bits per heavy atom. The molecule has 3 rings (SSSR count). The SMILES string of the molecule is Cn1ccnc1C1CNCCN1CCC1CCCCC1. The number of imidazole rings is 1. The van der Waals surface area contributed by atoms with E-state index in [-0.39, 0.29) is 0 Å². The fourth-order valence-corrected chi connectivity index (χ4v) is 3.79. The Labute approximate surface area is 122 Å².